The molecule has 0 fully saturated rings. The summed E-state index contributed by atoms with van der Waals surface area (Å²) in [5, 5.41) is 8.87. The zero-order valence-electron chi connectivity index (χ0n) is 9.84. The number of fused-ring (bicyclic) bond motifs is 1. The lowest BCUT2D eigenvalue weighted by Gasteiger charge is -2.22. The number of carbonyl (C=O) groups is 1. The van der Waals surface area contributed by atoms with Crippen LogP contribution in [0.25, 0.3) is 0 Å². The topological polar surface area (TPSA) is 73.4 Å². The third kappa shape index (κ3) is 1.83. The van der Waals surface area contributed by atoms with E-state index in [0.717, 1.165) is 11.3 Å². The zero-order valence-corrected chi connectivity index (χ0v) is 9.84. The van der Waals surface area contributed by atoms with Crippen molar-refractivity contribution in [3.05, 3.63) is 29.3 Å². The van der Waals surface area contributed by atoms with E-state index in [4.69, 9.17) is 11.0 Å². The minimum atomic E-state index is -0.179. The van der Waals surface area contributed by atoms with Gasteiger partial charge in [0.15, 0.2) is 0 Å². The molecule has 0 spiro atoms. The maximum absolute atomic E-state index is 12.0. The van der Waals surface area contributed by atoms with Crippen molar-refractivity contribution in [2.75, 3.05) is 25.5 Å². The second-order valence-corrected chi connectivity index (χ2v) is 4.28. The van der Waals surface area contributed by atoms with Gasteiger partial charge in [0, 0.05) is 26.7 Å². The quantitative estimate of drug-likeness (QED) is 0.724. The van der Waals surface area contributed by atoms with Gasteiger partial charge in [-0.2, -0.15) is 5.26 Å². The predicted octanol–water partition coefficient (Wildman–Crippen LogP) is 1.06. The Balaban J connectivity index is 2.45. The molecule has 1 aliphatic heterocycles. The highest BCUT2D eigenvalue weighted by molar-refractivity contribution is 5.94. The Hall–Kier alpha value is -2.06. The van der Waals surface area contributed by atoms with Crippen molar-refractivity contribution in [1.82, 2.24) is 4.90 Å². The van der Waals surface area contributed by atoms with Gasteiger partial charge in [-0.15, -0.1) is 0 Å². The van der Waals surface area contributed by atoms with Crippen LogP contribution in [0.2, 0.25) is 0 Å². The predicted molar refractivity (Wildman–Crippen MR) is 64.5 cm³/mol. The van der Waals surface area contributed by atoms with E-state index in [1.807, 2.05) is 6.07 Å². The molecule has 88 valence electrons. The average molecular weight is 230 g/mol. The van der Waals surface area contributed by atoms with Crippen molar-refractivity contribution >= 4 is 11.7 Å². The number of nitriles is 1. The Morgan fingerprint density at radius 1 is 1.59 bits per heavy atom. The lowest BCUT2D eigenvalue weighted by Crippen LogP contribution is -2.39. The van der Waals surface area contributed by atoms with Crippen LogP contribution in [-0.4, -0.2) is 31.6 Å². The molecule has 1 aromatic carbocycles. The van der Waals surface area contributed by atoms with E-state index in [1.54, 1.807) is 31.1 Å². The molecule has 0 radical (unpaired) electrons. The number of hydrogen-bond donors (Lipinski definition) is 1. The van der Waals surface area contributed by atoms with E-state index in [0.29, 0.717) is 12.1 Å². The van der Waals surface area contributed by atoms with E-state index >= 15 is 0 Å². The number of anilines is 1. The molecular weight excluding hydrogens is 216 g/mol. The summed E-state index contributed by atoms with van der Waals surface area (Å²) in [4.78, 5) is 15.1. The molecule has 2 rings (SSSR count). The number of nitrogens with zero attached hydrogens (tertiary/aromatic N) is 3. The maximum atomic E-state index is 12.0. The van der Waals surface area contributed by atoms with Gasteiger partial charge in [-0.1, -0.05) is 6.07 Å². The molecule has 0 saturated carbocycles. The number of amides is 2. The van der Waals surface area contributed by atoms with Gasteiger partial charge in [-0.3, -0.25) is 4.90 Å². The Morgan fingerprint density at radius 2 is 2.29 bits per heavy atom. The van der Waals surface area contributed by atoms with E-state index in [-0.39, 0.29) is 12.1 Å². The summed E-state index contributed by atoms with van der Waals surface area (Å²) < 4.78 is 0. The van der Waals surface area contributed by atoms with Crippen LogP contribution in [0.3, 0.4) is 0 Å². The summed E-state index contributed by atoms with van der Waals surface area (Å²) in [6, 6.07) is 7.03. The fourth-order valence-electron chi connectivity index (χ4n) is 1.98. The molecule has 2 amide bonds. The van der Waals surface area contributed by atoms with Crippen LogP contribution in [-0.2, 0) is 0 Å². The van der Waals surface area contributed by atoms with Crippen molar-refractivity contribution in [3.8, 4) is 6.07 Å². The second kappa shape index (κ2) is 4.07. The molecular formula is C12H14N4O. The molecule has 1 aromatic rings. The van der Waals surface area contributed by atoms with Crippen LogP contribution >= 0.6 is 0 Å². The summed E-state index contributed by atoms with van der Waals surface area (Å²) in [5.41, 5.74) is 8.17. The van der Waals surface area contributed by atoms with Gasteiger partial charge in [0.1, 0.15) is 0 Å². The molecule has 2 N–H and O–H groups in total. The lowest BCUT2D eigenvalue weighted by molar-refractivity contribution is 0.224. The van der Waals surface area contributed by atoms with Gasteiger partial charge < -0.3 is 10.6 Å². The van der Waals surface area contributed by atoms with Gasteiger partial charge in [0.2, 0.25) is 0 Å². The number of carbonyl (C=O) groups excluding carboxylic acids is 1. The summed E-state index contributed by atoms with van der Waals surface area (Å²) in [6.45, 7) is 0.460. The van der Waals surface area contributed by atoms with E-state index in [9.17, 15) is 4.79 Å². The molecule has 0 aliphatic carbocycles. The Labute approximate surface area is 100 Å². The fraction of sp³-hybridized carbons (Fsp3) is 0.333. The number of rotatable bonds is 0. The Kier molecular flexibility index (Phi) is 2.74. The number of urea groups is 1. The van der Waals surface area contributed by atoms with Gasteiger partial charge in [0.25, 0.3) is 0 Å². The summed E-state index contributed by atoms with van der Waals surface area (Å²) in [5.74, 6) is 0. The Morgan fingerprint density at radius 3 is 2.88 bits per heavy atom. The van der Waals surface area contributed by atoms with Crippen LogP contribution in [0, 0.1) is 11.3 Å². The standard InChI is InChI=1S/C12H14N4O/c1-15(2)12(17)16-7-10(14)9-4-3-8(6-13)5-11(9)16/h3-5,10H,7,14H2,1-2H3. The van der Waals surface area contributed by atoms with Crippen LogP contribution in [0.4, 0.5) is 10.5 Å². The molecule has 5 nitrogen and oxygen atoms in total. The highest BCUT2D eigenvalue weighted by Gasteiger charge is 2.31. The highest BCUT2D eigenvalue weighted by Crippen LogP contribution is 2.34. The van der Waals surface area contributed by atoms with Gasteiger partial charge in [0.05, 0.1) is 17.3 Å². The SMILES string of the molecule is CN(C)C(=O)N1CC(N)c2ccc(C#N)cc21. The van der Waals surface area contributed by atoms with Crippen LogP contribution in [0.15, 0.2) is 18.2 Å². The Bertz CT molecular complexity index is 504. The van der Waals surface area contributed by atoms with Crippen molar-refractivity contribution in [2.45, 2.75) is 6.04 Å². The minimum Gasteiger partial charge on any atom is -0.330 e. The van der Waals surface area contributed by atoms with Crippen LogP contribution in [0.1, 0.15) is 17.2 Å². The first-order valence-corrected chi connectivity index (χ1v) is 5.33. The molecule has 1 aliphatic rings. The first-order chi connectivity index (χ1) is 8.04. The van der Waals surface area contributed by atoms with Crippen molar-refractivity contribution in [1.29, 1.82) is 5.26 Å². The lowest BCUT2D eigenvalue weighted by atomic mass is 10.1. The number of nitrogens with two attached hydrogens (primary N) is 1. The molecule has 0 saturated heterocycles. The highest BCUT2D eigenvalue weighted by atomic mass is 16.2. The first kappa shape index (κ1) is 11.4. The largest absolute Gasteiger partial charge is 0.330 e. The third-order valence-electron chi connectivity index (χ3n) is 2.84. The normalized spacial score (nSPS) is 17.5. The summed E-state index contributed by atoms with van der Waals surface area (Å²) in [7, 11) is 3.39. The maximum Gasteiger partial charge on any atom is 0.324 e. The molecule has 0 bridgehead atoms. The monoisotopic (exact) mass is 230 g/mol. The molecule has 1 unspecified atom stereocenters. The van der Waals surface area contributed by atoms with E-state index in [1.165, 1.54) is 4.90 Å². The van der Waals surface area contributed by atoms with Crippen LogP contribution < -0.4 is 10.6 Å². The molecule has 1 heterocycles. The number of hydrogen-bond acceptors (Lipinski definition) is 3. The van der Waals surface area contributed by atoms with Gasteiger partial charge in [-0.05, 0) is 17.7 Å². The van der Waals surface area contributed by atoms with Gasteiger partial charge >= 0.3 is 6.03 Å². The van der Waals surface area contributed by atoms with Crippen molar-refractivity contribution < 1.29 is 4.79 Å². The summed E-state index contributed by atoms with van der Waals surface area (Å²) >= 11 is 0. The molecule has 17 heavy (non-hydrogen) atoms. The smallest absolute Gasteiger partial charge is 0.324 e. The van der Waals surface area contributed by atoms with E-state index in [2.05, 4.69) is 6.07 Å². The third-order valence-corrected chi connectivity index (χ3v) is 2.84. The van der Waals surface area contributed by atoms with Crippen LogP contribution in [0.5, 0.6) is 0 Å². The first-order valence-electron chi connectivity index (χ1n) is 5.33. The second-order valence-electron chi connectivity index (χ2n) is 4.28. The molecule has 0 aromatic heterocycles. The van der Waals surface area contributed by atoms with Gasteiger partial charge in [-0.25, -0.2) is 4.79 Å². The molecule has 1 atom stereocenters. The van der Waals surface area contributed by atoms with E-state index < -0.39 is 0 Å². The summed E-state index contributed by atoms with van der Waals surface area (Å²) in [6.07, 6.45) is 0. The van der Waals surface area contributed by atoms with Crippen molar-refractivity contribution in [2.24, 2.45) is 5.73 Å². The minimum absolute atomic E-state index is 0.116. The average Bonchev–Trinajstić information content (AvgIpc) is 2.65. The fourth-order valence-corrected chi connectivity index (χ4v) is 1.98. The molecule has 5 heteroatoms. The zero-order chi connectivity index (χ0) is 12.6. The number of benzene rings is 1. The van der Waals surface area contributed by atoms with Crippen molar-refractivity contribution in [3.63, 3.8) is 0 Å².